The topological polar surface area (TPSA) is 38.8 Å². The standard InChI is InChI=1S/C22H32BNO3/c1-21(2)22(3,4)27-23(26-21)17-9-6-8-15(12-17)20(25)16-13-18-10-7-11-19(14-16)24(18)5/h6,8-9,12,16,18-19H,7,10-11,13-14H2,1-5H3. The summed E-state index contributed by atoms with van der Waals surface area (Å²) in [7, 11) is 1.81. The minimum Gasteiger partial charge on any atom is -0.399 e. The van der Waals surface area contributed by atoms with Gasteiger partial charge in [-0.25, -0.2) is 0 Å². The molecule has 0 aromatic heterocycles. The average molecular weight is 369 g/mol. The lowest BCUT2D eigenvalue weighted by atomic mass is 9.74. The van der Waals surface area contributed by atoms with Crippen LogP contribution in [0.3, 0.4) is 0 Å². The van der Waals surface area contributed by atoms with Crippen LogP contribution in [0.25, 0.3) is 0 Å². The number of hydrogen-bond donors (Lipinski definition) is 0. The number of carbonyl (C=O) groups is 1. The van der Waals surface area contributed by atoms with Crippen LogP contribution in [-0.4, -0.2) is 48.1 Å². The van der Waals surface area contributed by atoms with E-state index < -0.39 is 7.12 Å². The maximum atomic E-state index is 13.3. The van der Waals surface area contributed by atoms with Crippen LogP contribution in [0, 0.1) is 5.92 Å². The Labute approximate surface area is 163 Å². The van der Waals surface area contributed by atoms with E-state index in [0.29, 0.717) is 17.9 Å². The Morgan fingerprint density at radius 2 is 1.67 bits per heavy atom. The molecule has 3 saturated heterocycles. The summed E-state index contributed by atoms with van der Waals surface area (Å²) in [4.78, 5) is 15.8. The number of Topliss-reactive ketones (excluding diaryl/α,β-unsaturated/α-hetero) is 1. The van der Waals surface area contributed by atoms with Crippen molar-refractivity contribution in [3.05, 3.63) is 29.8 Å². The van der Waals surface area contributed by atoms with Gasteiger partial charge < -0.3 is 14.2 Å². The van der Waals surface area contributed by atoms with Crippen LogP contribution in [-0.2, 0) is 9.31 Å². The molecule has 27 heavy (non-hydrogen) atoms. The first kappa shape index (κ1) is 19.2. The van der Waals surface area contributed by atoms with E-state index in [9.17, 15) is 4.79 Å². The van der Waals surface area contributed by atoms with Gasteiger partial charge in [0.15, 0.2) is 5.78 Å². The van der Waals surface area contributed by atoms with Crippen molar-refractivity contribution < 1.29 is 14.1 Å². The molecule has 3 aliphatic heterocycles. The smallest absolute Gasteiger partial charge is 0.399 e. The highest BCUT2D eigenvalue weighted by Crippen LogP contribution is 2.38. The summed E-state index contributed by atoms with van der Waals surface area (Å²) in [6, 6.07) is 9.03. The molecule has 2 unspecified atom stereocenters. The number of nitrogens with zero attached hydrogens (tertiary/aromatic N) is 1. The fourth-order valence-electron chi connectivity index (χ4n) is 4.88. The number of fused-ring (bicyclic) bond motifs is 2. The van der Waals surface area contributed by atoms with Crippen molar-refractivity contribution in [2.75, 3.05) is 7.05 Å². The highest BCUT2D eigenvalue weighted by Gasteiger charge is 2.51. The van der Waals surface area contributed by atoms with Crippen molar-refractivity contribution in [3.8, 4) is 0 Å². The van der Waals surface area contributed by atoms with Crippen LogP contribution in [0.1, 0.15) is 70.2 Å². The van der Waals surface area contributed by atoms with Gasteiger partial charge in [-0.1, -0.05) is 30.7 Å². The Kier molecular flexibility index (Phi) is 4.77. The monoisotopic (exact) mass is 369 g/mol. The molecule has 1 aromatic carbocycles. The molecular weight excluding hydrogens is 337 g/mol. The molecule has 3 aliphatic rings. The van der Waals surface area contributed by atoms with E-state index in [2.05, 4.69) is 39.6 Å². The van der Waals surface area contributed by atoms with Gasteiger partial charge in [0, 0.05) is 23.6 Å². The van der Waals surface area contributed by atoms with Gasteiger partial charge in [-0.15, -0.1) is 0 Å². The third kappa shape index (κ3) is 3.39. The second-order valence-corrected chi connectivity index (χ2v) is 9.65. The molecule has 0 saturated carbocycles. The zero-order valence-corrected chi connectivity index (χ0v) is 17.3. The average Bonchev–Trinajstić information content (AvgIpc) is 2.82. The first-order chi connectivity index (χ1) is 12.7. The summed E-state index contributed by atoms with van der Waals surface area (Å²) in [6.07, 6.45) is 5.74. The molecule has 2 atom stereocenters. The molecule has 2 bridgehead atoms. The molecule has 0 N–H and O–H groups in total. The second kappa shape index (κ2) is 6.72. The minimum absolute atomic E-state index is 0.144. The van der Waals surface area contributed by atoms with E-state index >= 15 is 0 Å². The summed E-state index contributed by atoms with van der Waals surface area (Å²) in [5.41, 5.74) is 0.994. The van der Waals surface area contributed by atoms with Gasteiger partial charge in [0.25, 0.3) is 0 Å². The van der Waals surface area contributed by atoms with Crippen LogP contribution in [0.2, 0.25) is 0 Å². The summed E-state index contributed by atoms with van der Waals surface area (Å²) in [5, 5.41) is 0. The summed E-state index contributed by atoms with van der Waals surface area (Å²) in [6.45, 7) is 8.22. The highest BCUT2D eigenvalue weighted by atomic mass is 16.7. The molecule has 1 aromatic rings. The Morgan fingerprint density at radius 3 is 2.26 bits per heavy atom. The number of carbonyl (C=O) groups excluding carboxylic acids is 1. The van der Waals surface area contributed by atoms with E-state index in [1.54, 1.807) is 0 Å². The zero-order chi connectivity index (χ0) is 19.4. The van der Waals surface area contributed by atoms with Crippen LogP contribution in [0.5, 0.6) is 0 Å². The largest absolute Gasteiger partial charge is 0.494 e. The lowest BCUT2D eigenvalue weighted by Gasteiger charge is -2.46. The van der Waals surface area contributed by atoms with Gasteiger partial charge in [0.05, 0.1) is 11.2 Å². The minimum atomic E-state index is -0.417. The van der Waals surface area contributed by atoms with Crippen LogP contribution in [0.4, 0.5) is 0 Å². The molecule has 3 fully saturated rings. The van der Waals surface area contributed by atoms with Crippen LogP contribution < -0.4 is 5.46 Å². The van der Waals surface area contributed by atoms with E-state index in [1.165, 1.54) is 19.3 Å². The Balaban J connectivity index is 1.52. The van der Waals surface area contributed by atoms with Gasteiger partial charge in [0.2, 0.25) is 0 Å². The third-order valence-electron chi connectivity index (χ3n) is 7.41. The molecule has 146 valence electrons. The van der Waals surface area contributed by atoms with Crippen molar-refractivity contribution in [1.82, 2.24) is 4.90 Å². The fraction of sp³-hybridized carbons (Fsp3) is 0.682. The van der Waals surface area contributed by atoms with Crippen LogP contribution >= 0.6 is 0 Å². The fourth-order valence-corrected chi connectivity index (χ4v) is 4.88. The molecule has 0 spiro atoms. The van der Waals surface area contributed by atoms with Gasteiger partial charge in [-0.3, -0.25) is 4.79 Å². The SMILES string of the molecule is CN1C2CCCC1CC(C(=O)c1cccc(B3OC(C)(C)C(C)(C)O3)c1)C2. The number of hydrogen-bond acceptors (Lipinski definition) is 4. The summed E-state index contributed by atoms with van der Waals surface area (Å²) >= 11 is 0. The first-order valence-electron chi connectivity index (χ1n) is 10.4. The third-order valence-corrected chi connectivity index (χ3v) is 7.41. The van der Waals surface area contributed by atoms with Crippen molar-refractivity contribution in [1.29, 1.82) is 0 Å². The van der Waals surface area contributed by atoms with E-state index in [0.717, 1.165) is 23.9 Å². The van der Waals surface area contributed by atoms with Gasteiger partial charge in [-0.2, -0.15) is 0 Å². The van der Waals surface area contributed by atoms with Crippen molar-refractivity contribution >= 4 is 18.4 Å². The normalized spacial score (nSPS) is 32.5. The second-order valence-electron chi connectivity index (χ2n) is 9.65. The molecule has 3 heterocycles. The van der Waals surface area contributed by atoms with Crippen molar-refractivity contribution in [2.24, 2.45) is 5.92 Å². The summed E-state index contributed by atoms with van der Waals surface area (Å²) in [5.74, 6) is 0.434. The van der Waals surface area contributed by atoms with Gasteiger partial charge in [0.1, 0.15) is 0 Å². The lowest BCUT2D eigenvalue weighted by Crippen LogP contribution is -2.51. The number of ketones is 1. The highest BCUT2D eigenvalue weighted by molar-refractivity contribution is 6.62. The molecule has 0 aliphatic carbocycles. The quantitative estimate of drug-likeness (QED) is 0.605. The van der Waals surface area contributed by atoms with Crippen molar-refractivity contribution in [3.63, 3.8) is 0 Å². The van der Waals surface area contributed by atoms with E-state index in [1.807, 2.05) is 24.3 Å². The maximum absolute atomic E-state index is 13.3. The Hall–Kier alpha value is -1.17. The molecule has 0 radical (unpaired) electrons. The molecular formula is C22H32BNO3. The lowest BCUT2D eigenvalue weighted by molar-refractivity contribution is 0.00578. The zero-order valence-electron chi connectivity index (χ0n) is 17.3. The van der Waals surface area contributed by atoms with Gasteiger partial charge in [-0.05, 0) is 65.9 Å². The molecule has 4 rings (SSSR count). The Bertz CT molecular complexity index is 702. The molecule has 0 amide bonds. The van der Waals surface area contributed by atoms with Crippen LogP contribution in [0.15, 0.2) is 24.3 Å². The van der Waals surface area contributed by atoms with E-state index in [4.69, 9.17) is 9.31 Å². The molecule has 4 nitrogen and oxygen atoms in total. The number of benzene rings is 1. The Morgan fingerprint density at radius 1 is 1.07 bits per heavy atom. The predicted molar refractivity (Wildman–Crippen MR) is 108 cm³/mol. The number of piperidine rings is 2. The predicted octanol–water partition coefficient (Wildman–Crippen LogP) is 3.43. The maximum Gasteiger partial charge on any atom is 0.494 e. The molecule has 5 heteroatoms. The first-order valence-corrected chi connectivity index (χ1v) is 10.4. The summed E-state index contributed by atoms with van der Waals surface area (Å²) < 4.78 is 12.3. The number of rotatable bonds is 3. The van der Waals surface area contributed by atoms with Crippen molar-refractivity contribution in [2.45, 2.75) is 83.1 Å². The van der Waals surface area contributed by atoms with Gasteiger partial charge >= 0.3 is 7.12 Å². The van der Waals surface area contributed by atoms with E-state index in [-0.39, 0.29) is 17.1 Å².